The van der Waals surface area contributed by atoms with E-state index < -0.39 is 5.54 Å². The van der Waals surface area contributed by atoms with Crippen molar-refractivity contribution in [1.29, 1.82) is 0 Å². The van der Waals surface area contributed by atoms with Gasteiger partial charge in [0.1, 0.15) is 5.54 Å². The number of amides is 1. The molecule has 2 aliphatic rings. The van der Waals surface area contributed by atoms with Gasteiger partial charge in [-0.1, -0.05) is 38.1 Å². The highest BCUT2D eigenvalue weighted by Gasteiger charge is 2.62. The Morgan fingerprint density at radius 2 is 1.92 bits per heavy atom. The van der Waals surface area contributed by atoms with E-state index >= 15 is 0 Å². The second-order valence-corrected chi connectivity index (χ2v) is 7.91. The van der Waals surface area contributed by atoms with Gasteiger partial charge in [0.2, 0.25) is 5.91 Å². The standard InChI is InChI=1S/C21H26N2O2.ClH/c1-4-25-17-12-21(22,20(17,2)3)19(24)23-16-11-10-14-9-8-13-6-5-7-15(16)18(13)14;/h5-7,10-11,17H,4,8-9,12,22H2,1-3H3,(H,23,24);1H. The number of ether oxygens (including phenoxy) is 1. The van der Waals surface area contributed by atoms with Gasteiger partial charge in [0.25, 0.3) is 0 Å². The highest BCUT2D eigenvalue weighted by molar-refractivity contribution is 6.08. The Morgan fingerprint density at radius 3 is 2.58 bits per heavy atom. The first kappa shape index (κ1) is 19.2. The summed E-state index contributed by atoms with van der Waals surface area (Å²) in [5.41, 5.74) is 8.81. The normalized spacial score (nSPS) is 25.5. The van der Waals surface area contributed by atoms with Crippen molar-refractivity contribution in [2.24, 2.45) is 11.1 Å². The fraction of sp³-hybridized carbons (Fsp3) is 0.476. The van der Waals surface area contributed by atoms with Gasteiger partial charge in [-0.05, 0) is 42.3 Å². The van der Waals surface area contributed by atoms with Gasteiger partial charge in [-0.25, -0.2) is 0 Å². The monoisotopic (exact) mass is 374 g/mol. The lowest BCUT2D eigenvalue weighted by atomic mass is 9.54. The largest absolute Gasteiger partial charge is 0.378 e. The molecule has 0 spiro atoms. The number of carbonyl (C=O) groups is 1. The zero-order valence-electron chi connectivity index (χ0n) is 15.6. The molecule has 2 aromatic rings. The van der Waals surface area contributed by atoms with Gasteiger partial charge in [-0.15, -0.1) is 12.4 Å². The quantitative estimate of drug-likeness (QED) is 0.854. The molecule has 2 atom stereocenters. The number of benzene rings is 2. The summed E-state index contributed by atoms with van der Waals surface area (Å²) in [6.07, 6.45) is 2.74. The van der Waals surface area contributed by atoms with E-state index in [1.807, 2.05) is 26.8 Å². The molecule has 4 rings (SSSR count). The lowest BCUT2D eigenvalue weighted by molar-refractivity contribution is -0.166. The number of carbonyl (C=O) groups excluding carboxylic acids is 1. The summed E-state index contributed by atoms with van der Waals surface area (Å²) in [4.78, 5) is 13.0. The third-order valence-corrected chi connectivity index (χ3v) is 6.36. The molecule has 140 valence electrons. The Balaban J connectivity index is 0.00000196. The minimum atomic E-state index is -0.907. The van der Waals surface area contributed by atoms with E-state index in [9.17, 15) is 4.79 Å². The summed E-state index contributed by atoms with van der Waals surface area (Å²) in [6.45, 7) is 6.65. The molecule has 3 N–H and O–H groups in total. The van der Waals surface area contributed by atoms with Crippen molar-refractivity contribution in [3.63, 3.8) is 0 Å². The van der Waals surface area contributed by atoms with Crippen LogP contribution in [0.2, 0.25) is 0 Å². The number of hydrogen-bond acceptors (Lipinski definition) is 3. The molecular formula is C21H27ClN2O2. The number of aryl methyl sites for hydroxylation is 2. The summed E-state index contributed by atoms with van der Waals surface area (Å²) >= 11 is 0. The molecule has 1 fully saturated rings. The van der Waals surface area contributed by atoms with Crippen LogP contribution in [0.25, 0.3) is 10.8 Å². The van der Waals surface area contributed by atoms with E-state index in [4.69, 9.17) is 10.5 Å². The average molecular weight is 375 g/mol. The second-order valence-electron chi connectivity index (χ2n) is 7.91. The zero-order chi connectivity index (χ0) is 17.8. The summed E-state index contributed by atoms with van der Waals surface area (Å²) in [5, 5.41) is 5.52. The van der Waals surface area contributed by atoms with Crippen LogP contribution in [0, 0.1) is 5.41 Å². The van der Waals surface area contributed by atoms with Crippen molar-refractivity contribution in [2.45, 2.75) is 51.7 Å². The van der Waals surface area contributed by atoms with Gasteiger partial charge in [-0.2, -0.15) is 0 Å². The van der Waals surface area contributed by atoms with Crippen LogP contribution in [-0.4, -0.2) is 24.2 Å². The van der Waals surface area contributed by atoms with Crippen molar-refractivity contribution >= 4 is 34.8 Å². The topological polar surface area (TPSA) is 64.3 Å². The number of hydrogen-bond donors (Lipinski definition) is 2. The highest BCUT2D eigenvalue weighted by Crippen LogP contribution is 2.50. The number of halogens is 1. The lowest BCUT2D eigenvalue weighted by Gasteiger charge is -2.57. The maximum Gasteiger partial charge on any atom is 0.245 e. The molecule has 0 aromatic heterocycles. The summed E-state index contributed by atoms with van der Waals surface area (Å²) in [6, 6.07) is 10.5. The van der Waals surface area contributed by atoms with Crippen LogP contribution in [0.4, 0.5) is 5.69 Å². The summed E-state index contributed by atoms with van der Waals surface area (Å²) < 4.78 is 5.74. The van der Waals surface area contributed by atoms with Crippen molar-refractivity contribution in [2.75, 3.05) is 11.9 Å². The van der Waals surface area contributed by atoms with Crippen LogP contribution >= 0.6 is 12.4 Å². The van der Waals surface area contributed by atoms with E-state index in [1.165, 1.54) is 16.5 Å². The van der Waals surface area contributed by atoms with Crippen LogP contribution in [0.1, 0.15) is 38.3 Å². The van der Waals surface area contributed by atoms with Crippen LogP contribution in [0.5, 0.6) is 0 Å². The molecule has 4 nitrogen and oxygen atoms in total. The molecule has 5 heteroatoms. The molecule has 0 saturated heterocycles. The Bertz CT molecular complexity index is 854. The first-order chi connectivity index (χ1) is 11.9. The Hall–Kier alpha value is -1.62. The predicted molar refractivity (Wildman–Crippen MR) is 108 cm³/mol. The molecule has 26 heavy (non-hydrogen) atoms. The van der Waals surface area contributed by atoms with Crippen molar-refractivity contribution in [3.8, 4) is 0 Å². The van der Waals surface area contributed by atoms with Crippen LogP contribution in [0.15, 0.2) is 30.3 Å². The number of anilines is 1. The minimum Gasteiger partial charge on any atom is -0.378 e. The lowest BCUT2D eigenvalue weighted by Crippen LogP contribution is -2.74. The molecule has 2 aromatic carbocycles. The number of nitrogens with one attached hydrogen (secondary N) is 1. The van der Waals surface area contributed by atoms with E-state index in [0.717, 1.165) is 23.9 Å². The first-order valence-corrected chi connectivity index (χ1v) is 9.14. The Labute approximate surface area is 160 Å². The van der Waals surface area contributed by atoms with Gasteiger partial charge in [0.15, 0.2) is 0 Å². The molecule has 2 unspecified atom stereocenters. The third-order valence-electron chi connectivity index (χ3n) is 6.36. The Morgan fingerprint density at radius 1 is 1.23 bits per heavy atom. The average Bonchev–Trinajstić information content (AvgIpc) is 3.01. The zero-order valence-corrected chi connectivity index (χ0v) is 16.4. The van der Waals surface area contributed by atoms with Crippen LogP contribution in [-0.2, 0) is 22.4 Å². The van der Waals surface area contributed by atoms with Gasteiger partial charge < -0.3 is 15.8 Å². The molecule has 0 heterocycles. The minimum absolute atomic E-state index is 0. The summed E-state index contributed by atoms with van der Waals surface area (Å²) in [7, 11) is 0. The van der Waals surface area contributed by atoms with E-state index in [0.29, 0.717) is 13.0 Å². The Kier molecular flexibility index (Phi) is 4.80. The summed E-state index contributed by atoms with van der Waals surface area (Å²) in [5.74, 6) is -0.118. The fourth-order valence-corrected chi connectivity index (χ4v) is 4.41. The van der Waals surface area contributed by atoms with Gasteiger partial charge in [0.05, 0.1) is 6.10 Å². The fourth-order valence-electron chi connectivity index (χ4n) is 4.41. The molecular weight excluding hydrogens is 348 g/mol. The second kappa shape index (κ2) is 6.52. The van der Waals surface area contributed by atoms with Crippen molar-refractivity contribution in [1.82, 2.24) is 0 Å². The van der Waals surface area contributed by atoms with E-state index in [1.54, 1.807) is 0 Å². The van der Waals surface area contributed by atoms with E-state index in [-0.39, 0.29) is 29.8 Å². The van der Waals surface area contributed by atoms with Crippen LogP contribution < -0.4 is 11.1 Å². The van der Waals surface area contributed by atoms with Gasteiger partial charge in [-0.3, -0.25) is 4.79 Å². The SMILES string of the molecule is CCOC1CC(N)(C(=O)Nc2ccc3c4c(cccc24)CC3)C1(C)C.Cl. The van der Waals surface area contributed by atoms with Crippen molar-refractivity contribution < 1.29 is 9.53 Å². The molecule has 0 radical (unpaired) electrons. The molecule has 0 bridgehead atoms. The third kappa shape index (κ3) is 2.55. The highest BCUT2D eigenvalue weighted by atomic mass is 35.5. The molecule has 2 aliphatic carbocycles. The maximum absolute atomic E-state index is 13.0. The van der Waals surface area contributed by atoms with E-state index in [2.05, 4.69) is 29.6 Å². The van der Waals surface area contributed by atoms with Crippen molar-refractivity contribution in [3.05, 3.63) is 41.5 Å². The number of nitrogens with two attached hydrogens (primary N) is 1. The maximum atomic E-state index is 13.0. The molecule has 0 aliphatic heterocycles. The molecule has 1 amide bonds. The van der Waals surface area contributed by atoms with Gasteiger partial charge in [0, 0.05) is 29.5 Å². The number of rotatable bonds is 4. The van der Waals surface area contributed by atoms with Gasteiger partial charge >= 0.3 is 0 Å². The predicted octanol–water partition coefficient (Wildman–Crippen LogP) is 3.83. The molecule has 1 saturated carbocycles. The first-order valence-electron chi connectivity index (χ1n) is 9.14. The van der Waals surface area contributed by atoms with Crippen LogP contribution in [0.3, 0.4) is 0 Å². The smallest absolute Gasteiger partial charge is 0.245 e.